The molecule has 0 radical (unpaired) electrons. The summed E-state index contributed by atoms with van der Waals surface area (Å²) >= 11 is 0. The van der Waals surface area contributed by atoms with E-state index in [1.54, 1.807) is 0 Å². The number of benzene rings is 1. The molecule has 0 heterocycles. The maximum atomic E-state index is 11.1. The molecule has 0 bridgehead atoms. The lowest BCUT2D eigenvalue weighted by molar-refractivity contribution is -0.141. The van der Waals surface area contributed by atoms with E-state index in [2.05, 4.69) is 35.9 Å². The molecule has 0 spiro atoms. The quantitative estimate of drug-likeness (QED) is 0.694. The van der Waals surface area contributed by atoms with E-state index in [0.29, 0.717) is 6.54 Å². The van der Waals surface area contributed by atoms with Crippen LogP contribution in [0.5, 0.6) is 0 Å². The van der Waals surface area contributed by atoms with E-state index in [0.717, 1.165) is 19.4 Å². The predicted molar refractivity (Wildman–Crippen MR) is 73.7 cm³/mol. The molecular formula is C15H23NO2. The molecule has 0 amide bonds. The van der Waals surface area contributed by atoms with Gasteiger partial charge in [0.05, 0.1) is 13.7 Å². The number of aryl methyl sites for hydroxylation is 1. The summed E-state index contributed by atoms with van der Waals surface area (Å²) in [5.41, 5.74) is 2.70. The van der Waals surface area contributed by atoms with Crippen molar-refractivity contribution in [3.63, 3.8) is 0 Å². The van der Waals surface area contributed by atoms with Crippen molar-refractivity contribution in [2.75, 3.05) is 27.2 Å². The molecule has 0 fully saturated rings. The molecule has 0 saturated carbocycles. The zero-order valence-corrected chi connectivity index (χ0v) is 11.6. The van der Waals surface area contributed by atoms with Gasteiger partial charge in [-0.15, -0.1) is 0 Å². The van der Waals surface area contributed by atoms with Crippen LogP contribution in [0.2, 0.25) is 0 Å². The summed E-state index contributed by atoms with van der Waals surface area (Å²) in [5, 5.41) is 0. The number of likely N-dealkylation sites (N-methyl/N-ethyl adjacent to an activating group) is 1. The molecule has 0 N–H and O–H groups in total. The van der Waals surface area contributed by atoms with Crippen molar-refractivity contribution in [2.45, 2.75) is 26.2 Å². The van der Waals surface area contributed by atoms with Crippen LogP contribution >= 0.6 is 0 Å². The van der Waals surface area contributed by atoms with Gasteiger partial charge in [-0.3, -0.25) is 9.69 Å². The average Bonchev–Trinajstić information content (AvgIpc) is 2.38. The van der Waals surface area contributed by atoms with E-state index < -0.39 is 0 Å². The Morgan fingerprint density at radius 1 is 1.17 bits per heavy atom. The number of rotatable bonds is 7. The van der Waals surface area contributed by atoms with Crippen molar-refractivity contribution in [3.8, 4) is 0 Å². The average molecular weight is 249 g/mol. The van der Waals surface area contributed by atoms with Crippen LogP contribution < -0.4 is 0 Å². The predicted octanol–water partition coefficient (Wildman–Crippen LogP) is 2.29. The first-order valence-corrected chi connectivity index (χ1v) is 6.49. The molecule has 0 aliphatic carbocycles. The van der Waals surface area contributed by atoms with Crippen LogP contribution in [0, 0.1) is 0 Å². The number of carbonyl (C=O) groups is 1. The minimum Gasteiger partial charge on any atom is -0.468 e. The molecule has 18 heavy (non-hydrogen) atoms. The number of methoxy groups -OCH3 is 1. The summed E-state index contributed by atoms with van der Waals surface area (Å²) in [4.78, 5) is 13.1. The van der Waals surface area contributed by atoms with Crippen molar-refractivity contribution in [3.05, 3.63) is 35.4 Å². The SMILES string of the molecule is CCCc1ccc(CCN(C)CC(=O)OC)cc1. The highest BCUT2D eigenvalue weighted by Crippen LogP contribution is 2.07. The third kappa shape index (κ3) is 5.32. The number of hydrogen-bond acceptors (Lipinski definition) is 3. The van der Waals surface area contributed by atoms with E-state index in [9.17, 15) is 4.79 Å². The van der Waals surface area contributed by atoms with Crippen LogP contribution in [-0.2, 0) is 22.4 Å². The summed E-state index contributed by atoms with van der Waals surface area (Å²) in [7, 11) is 3.35. The van der Waals surface area contributed by atoms with Crippen molar-refractivity contribution in [2.24, 2.45) is 0 Å². The number of hydrogen-bond donors (Lipinski definition) is 0. The van der Waals surface area contributed by atoms with Crippen molar-refractivity contribution >= 4 is 5.97 Å². The van der Waals surface area contributed by atoms with E-state index in [1.807, 2.05) is 11.9 Å². The number of nitrogens with zero attached hydrogens (tertiary/aromatic N) is 1. The minimum absolute atomic E-state index is 0.184. The van der Waals surface area contributed by atoms with Gasteiger partial charge in [0.2, 0.25) is 0 Å². The molecular weight excluding hydrogens is 226 g/mol. The largest absolute Gasteiger partial charge is 0.468 e. The molecule has 1 rings (SSSR count). The van der Waals surface area contributed by atoms with Gasteiger partial charge in [-0.25, -0.2) is 0 Å². The van der Waals surface area contributed by atoms with Crippen LogP contribution in [0.15, 0.2) is 24.3 Å². The van der Waals surface area contributed by atoms with Crippen LogP contribution in [-0.4, -0.2) is 38.1 Å². The number of carbonyl (C=O) groups excluding carboxylic acids is 1. The summed E-state index contributed by atoms with van der Waals surface area (Å²) in [6, 6.07) is 8.74. The second kappa shape index (κ2) is 7.88. The number of ether oxygens (including phenoxy) is 1. The molecule has 100 valence electrons. The van der Waals surface area contributed by atoms with E-state index in [1.165, 1.54) is 24.7 Å². The Morgan fingerprint density at radius 2 is 1.72 bits per heavy atom. The number of esters is 1. The highest BCUT2D eigenvalue weighted by molar-refractivity contribution is 5.71. The van der Waals surface area contributed by atoms with E-state index >= 15 is 0 Å². The fourth-order valence-corrected chi connectivity index (χ4v) is 1.85. The molecule has 0 aliphatic rings. The molecule has 0 aromatic heterocycles. The minimum atomic E-state index is -0.184. The Labute approximate surface area is 110 Å². The Morgan fingerprint density at radius 3 is 2.22 bits per heavy atom. The maximum Gasteiger partial charge on any atom is 0.319 e. The molecule has 0 saturated heterocycles. The molecule has 0 unspecified atom stereocenters. The van der Waals surface area contributed by atoms with Crippen molar-refractivity contribution < 1.29 is 9.53 Å². The zero-order valence-electron chi connectivity index (χ0n) is 11.6. The van der Waals surface area contributed by atoms with Gasteiger partial charge in [-0.2, -0.15) is 0 Å². The van der Waals surface area contributed by atoms with Gasteiger partial charge in [0.25, 0.3) is 0 Å². The molecule has 0 aliphatic heterocycles. The van der Waals surface area contributed by atoms with Gasteiger partial charge in [-0.05, 0) is 31.0 Å². The second-order valence-corrected chi connectivity index (χ2v) is 4.63. The Bertz CT molecular complexity index is 359. The molecule has 1 aromatic carbocycles. The fourth-order valence-electron chi connectivity index (χ4n) is 1.85. The second-order valence-electron chi connectivity index (χ2n) is 4.63. The van der Waals surface area contributed by atoms with Crippen molar-refractivity contribution in [1.82, 2.24) is 4.90 Å². The van der Waals surface area contributed by atoms with Gasteiger partial charge in [0.1, 0.15) is 0 Å². The van der Waals surface area contributed by atoms with Gasteiger partial charge in [-0.1, -0.05) is 37.6 Å². The Balaban J connectivity index is 2.36. The lowest BCUT2D eigenvalue weighted by Gasteiger charge is -2.14. The van der Waals surface area contributed by atoms with Crippen LogP contribution in [0.4, 0.5) is 0 Å². The first-order valence-electron chi connectivity index (χ1n) is 6.49. The normalized spacial score (nSPS) is 10.7. The summed E-state index contributed by atoms with van der Waals surface area (Å²) in [5.74, 6) is -0.184. The molecule has 1 aromatic rings. The summed E-state index contributed by atoms with van der Waals surface area (Å²) in [6.45, 7) is 3.41. The zero-order chi connectivity index (χ0) is 13.4. The Hall–Kier alpha value is -1.35. The maximum absolute atomic E-state index is 11.1. The van der Waals surface area contributed by atoms with Gasteiger partial charge in [0, 0.05) is 6.54 Å². The van der Waals surface area contributed by atoms with E-state index in [-0.39, 0.29) is 5.97 Å². The highest BCUT2D eigenvalue weighted by atomic mass is 16.5. The van der Waals surface area contributed by atoms with Gasteiger partial charge < -0.3 is 4.74 Å². The Kier molecular flexibility index (Phi) is 6.44. The standard InChI is InChI=1S/C15H23NO2/c1-4-5-13-6-8-14(9-7-13)10-11-16(2)12-15(17)18-3/h6-9H,4-5,10-12H2,1-3H3. The monoisotopic (exact) mass is 249 g/mol. The summed E-state index contributed by atoms with van der Waals surface area (Å²) < 4.78 is 4.63. The van der Waals surface area contributed by atoms with E-state index in [4.69, 9.17) is 0 Å². The van der Waals surface area contributed by atoms with Gasteiger partial charge in [0.15, 0.2) is 0 Å². The summed E-state index contributed by atoms with van der Waals surface area (Å²) in [6.07, 6.45) is 3.28. The smallest absolute Gasteiger partial charge is 0.319 e. The lowest BCUT2D eigenvalue weighted by Crippen LogP contribution is -2.28. The molecule has 3 nitrogen and oxygen atoms in total. The fraction of sp³-hybridized carbons (Fsp3) is 0.533. The topological polar surface area (TPSA) is 29.5 Å². The third-order valence-corrected chi connectivity index (χ3v) is 2.97. The third-order valence-electron chi connectivity index (χ3n) is 2.97. The van der Waals surface area contributed by atoms with Gasteiger partial charge >= 0.3 is 5.97 Å². The van der Waals surface area contributed by atoms with Crippen LogP contribution in [0.25, 0.3) is 0 Å². The van der Waals surface area contributed by atoms with Crippen LogP contribution in [0.3, 0.4) is 0 Å². The first kappa shape index (κ1) is 14.7. The first-order chi connectivity index (χ1) is 8.65. The lowest BCUT2D eigenvalue weighted by atomic mass is 10.1. The van der Waals surface area contributed by atoms with Crippen molar-refractivity contribution in [1.29, 1.82) is 0 Å². The molecule has 3 heteroatoms. The highest BCUT2D eigenvalue weighted by Gasteiger charge is 2.05. The van der Waals surface area contributed by atoms with Crippen LogP contribution in [0.1, 0.15) is 24.5 Å². The molecule has 0 atom stereocenters.